The summed E-state index contributed by atoms with van der Waals surface area (Å²) in [6, 6.07) is 1.83. The number of Topliss-reactive ketones (excluding diaryl/α,β-unsaturated/α-hetero) is 1. The number of ether oxygens (including phenoxy) is 2. The van der Waals surface area contributed by atoms with Crippen molar-refractivity contribution in [2.45, 2.75) is 39.3 Å². The molecule has 3 atom stereocenters. The molecule has 1 aliphatic rings. The number of carbonyl (C=O) groups excluding carboxylic acids is 1. The molecule has 7 nitrogen and oxygen atoms in total. The maximum atomic E-state index is 11.9. The van der Waals surface area contributed by atoms with Gasteiger partial charge in [0.05, 0.1) is 6.10 Å². The molecule has 1 aliphatic heterocycles. The Morgan fingerprint density at radius 2 is 2.34 bits per heavy atom. The van der Waals surface area contributed by atoms with Gasteiger partial charge in [-0.25, -0.2) is 9.97 Å². The molecular formula is C22H34N4O3. The van der Waals surface area contributed by atoms with Crippen LogP contribution in [0.1, 0.15) is 37.7 Å². The van der Waals surface area contributed by atoms with Crippen LogP contribution in [0.25, 0.3) is 0 Å². The zero-order chi connectivity index (χ0) is 21.2. The van der Waals surface area contributed by atoms with Crippen molar-refractivity contribution in [1.29, 1.82) is 0 Å². The highest BCUT2D eigenvalue weighted by Crippen LogP contribution is 2.24. The fraction of sp³-hybridized carbons (Fsp3) is 0.591. The van der Waals surface area contributed by atoms with E-state index >= 15 is 0 Å². The van der Waals surface area contributed by atoms with Gasteiger partial charge >= 0.3 is 0 Å². The molecule has 0 amide bonds. The van der Waals surface area contributed by atoms with Gasteiger partial charge in [0.1, 0.15) is 12.3 Å². The lowest BCUT2D eigenvalue weighted by Gasteiger charge is -2.29. The molecule has 29 heavy (non-hydrogen) atoms. The third kappa shape index (κ3) is 6.73. The van der Waals surface area contributed by atoms with Crippen molar-refractivity contribution >= 4 is 11.7 Å². The third-order valence-electron chi connectivity index (χ3n) is 5.37. The van der Waals surface area contributed by atoms with E-state index in [2.05, 4.69) is 53.6 Å². The predicted octanol–water partition coefficient (Wildman–Crippen LogP) is 2.97. The number of rotatable bonds is 12. The van der Waals surface area contributed by atoms with Crippen LogP contribution in [0.15, 0.2) is 36.6 Å². The first-order valence-corrected chi connectivity index (χ1v) is 10.3. The summed E-state index contributed by atoms with van der Waals surface area (Å²) >= 11 is 0. The van der Waals surface area contributed by atoms with E-state index in [-0.39, 0.29) is 24.5 Å². The minimum absolute atomic E-state index is 0.0115. The van der Waals surface area contributed by atoms with Gasteiger partial charge in [0, 0.05) is 39.0 Å². The molecule has 0 spiro atoms. The number of hydrogen-bond acceptors (Lipinski definition) is 7. The number of nitrogens with one attached hydrogen (secondary N) is 1. The van der Waals surface area contributed by atoms with E-state index in [1.807, 2.05) is 6.08 Å². The molecule has 0 aromatic carbocycles. The van der Waals surface area contributed by atoms with Crippen LogP contribution in [0.3, 0.4) is 0 Å². The van der Waals surface area contributed by atoms with E-state index in [9.17, 15) is 4.79 Å². The van der Waals surface area contributed by atoms with Gasteiger partial charge in [0.15, 0.2) is 0 Å². The molecule has 0 saturated carbocycles. The standard InChI is InChI=1S/C22H34N4O3/c1-6-18(14-21-16(3)9-13-29-21)17(4)26(7-2)12-11-24-22-23-10-8-19(25-22)20(27)15-28-5/h6,8,10,14,16-17,21H,1,7,9,11-13,15H2,2-5H3,(H,23,24,25)/b18-14+. The van der Waals surface area contributed by atoms with Crippen molar-refractivity contribution in [3.8, 4) is 0 Å². The van der Waals surface area contributed by atoms with Gasteiger partial charge in [0.2, 0.25) is 11.7 Å². The molecule has 0 bridgehead atoms. The monoisotopic (exact) mass is 402 g/mol. The van der Waals surface area contributed by atoms with Crippen molar-refractivity contribution in [3.63, 3.8) is 0 Å². The van der Waals surface area contributed by atoms with E-state index in [0.29, 0.717) is 24.1 Å². The minimum atomic E-state index is -0.161. The molecule has 0 aliphatic carbocycles. The highest BCUT2D eigenvalue weighted by molar-refractivity contribution is 5.95. The predicted molar refractivity (Wildman–Crippen MR) is 115 cm³/mol. The first-order valence-electron chi connectivity index (χ1n) is 10.3. The maximum Gasteiger partial charge on any atom is 0.223 e. The third-order valence-corrected chi connectivity index (χ3v) is 5.37. The first-order chi connectivity index (χ1) is 14.0. The topological polar surface area (TPSA) is 76.6 Å². The van der Waals surface area contributed by atoms with Crippen molar-refractivity contribution in [2.24, 2.45) is 5.92 Å². The number of ketones is 1. The van der Waals surface area contributed by atoms with Crippen molar-refractivity contribution in [3.05, 3.63) is 42.3 Å². The largest absolute Gasteiger partial charge is 0.376 e. The number of aromatic nitrogens is 2. The Balaban J connectivity index is 1.94. The van der Waals surface area contributed by atoms with Crippen molar-refractivity contribution < 1.29 is 14.3 Å². The summed E-state index contributed by atoms with van der Waals surface area (Å²) in [5.74, 6) is 0.827. The summed E-state index contributed by atoms with van der Waals surface area (Å²) in [6.45, 7) is 13.8. The normalized spacial score (nSPS) is 20.7. The van der Waals surface area contributed by atoms with Crippen LogP contribution in [-0.2, 0) is 9.47 Å². The summed E-state index contributed by atoms with van der Waals surface area (Å²) in [5, 5.41) is 3.21. The Labute approximate surface area is 174 Å². The Bertz CT molecular complexity index is 707. The Morgan fingerprint density at radius 1 is 1.55 bits per heavy atom. The molecule has 1 saturated heterocycles. The van der Waals surface area contributed by atoms with Crippen LogP contribution in [0.4, 0.5) is 5.95 Å². The molecule has 1 aromatic heterocycles. The second-order valence-corrected chi connectivity index (χ2v) is 7.33. The smallest absolute Gasteiger partial charge is 0.223 e. The minimum Gasteiger partial charge on any atom is -0.376 e. The number of methoxy groups -OCH3 is 1. The SMILES string of the molecule is C=C/C(=C\C1OCCC1C)C(C)N(CC)CCNc1nccc(C(=O)COC)n1. The molecule has 0 radical (unpaired) electrons. The van der Waals surface area contributed by atoms with Crippen LogP contribution in [0, 0.1) is 5.92 Å². The summed E-state index contributed by atoms with van der Waals surface area (Å²) in [7, 11) is 1.49. The highest BCUT2D eigenvalue weighted by atomic mass is 16.5. The van der Waals surface area contributed by atoms with Crippen LogP contribution in [0.2, 0.25) is 0 Å². The molecule has 160 valence electrons. The van der Waals surface area contributed by atoms with E-state index in [0.717, 1.165) is 26.1 Å². The fourth-order valence-corrected chi connectivity index (χ4v) is 3.45. The van der Waals surface area contributed by atoms with Crippen molar-refractivity contribution in [2.75, 3.05) is 45.3 Å². The number of likely N-dealkylation sites (N-methyl/N-ethyl adjacent to an activating group) is 1. The lowest BCUT2D eigenvalue weighted by atomic mass is 9.98. The van der Waals surface area contributed by atoms with Gasteiger partial charge < -0.3 is 14.8 Å². The molecule has 2 rings (SSSR count). The Morgan fingerprint density at radius 3 is 2.97 bits per heavy atom. The second-order valence-electron chi connectivity index (χ2n) is 7.33. The van der Waals surface area contributed by atoms with Gasteiger partial charge in [-0.1, -0.05) is 32.6 Å². The fourth-order valence-electron chi connectivity index (χ4n) is 3.45. The van der Waals surface area contributed by atoms with Crippen LogP contribution in [0.5, 0.6) is 0 Å². The van der Waals surface area contributed by atoms with Crippen LogP contribution < -0.4 is 5.32 Å². The van der Waals surface area contributed by atoms with Gasteiger partial charge in [-0.15, -0.1) is 0 Å². The summed E-state index contributed by atoms with van der Waals surface area (Å²) in [4.78, 5) is 22.7. The van der Waals surface area contributed by atoms with E-state index in [1.54, 1.807) is 12.3 Å². The van der Waals surface area contributed by atoms with E-state index in [4.69, 9.17) is 9.47 Å². The van der Waals surface area contributed by atoms with E-state index in [1.165, 1.54) is 12.7 Å². The Kier molecular flexibility index (Phi) is 9.44. The maximum absolute atomic E-state index is 11.9. The number of carbonyl (C=O) groups is 1. The van der Waals surface area contributed by atoms with Gasteiger partial charge in [-0.3, -0.25) is 9.69 Å². The molecule has 1 fully saturated rings. The Hall–Kier alpha value is -2.09. The van der Waals surface area contributed by atoms with Crippen molar-refractivity contribution in [1.82, 2.24) is 14.9 Å². The van der Waals surface area contributed by atoms with Crippen LogP contribution >= 0.6 is 0 Å². The number of anilines is 1. The lowest BCUT2D eigenvalue weighted by molar-refractivity contribution is 0.0843. The molecule has 3 unspecified atom stereocenters. The molecular weight excluding hydrogens is 368 g/mol. The number of hydrogen-bond donors (Lipinski definition) is 1. The van der Waals surface area contributed by atoms with Gasteiger partial charge in [-0.05, 0) is 37.4 Å². The second kappa shape index (κ2) is 11.8. The average Bonchev–Trinajstić information content (AvgIpc) is 3.13. The molecule has 7 heteroatoms. The molecule has 1 aromatic rings. The highest BCUT2D eigenvalue weighted by Gasteiger charge is 2.24. The first kappa shape index (κ1) is 23.2. The number of nitrogens with zero attached hydrogens (tertiary/aromatic N) is 3. The summed E-state index contributed by atoms with van der Waals surface area (Å²) in [5.41, 5.74) is 1.54. The molecule has 2 heterocycles. The molecule has 1 N–H and O–H groups in total. The average molecular weight is 403 g/mol. The van der Waals surface area contributed by atoms with E-state index < -0.39 is 0 Å². The zero-order valence-electron chi connectivity index (χ0n) is 18.1. The lowest BCUT2D eigenvalue weighted by Crippen LogP contribution is -2.38. The van der Waals surface area contributed by atoms with Gasteiger partial charge in [0.25, 0.3) is 0 Å². The summed E-state index contributed by atoms with van der Waals surface area (Å²) < 4.78 is 10.7. The summed E-state index contributed by atoms with van der Waals surface area (Å²) in [6.07, 6.45) is 7.01. The zero-order valence-corrected chi connectivity index (χ0v) is 18.1. The van der Waals surface area contributed by atoms with Crippen LogP contribution in [-0.4, -0.2) is 72.8 Å². The van der Waals surface area contributed by atoms with Gasteiger partial charge in [-0.2, -0.15) is 0 Å². The quantitative estimate of drug-likeness (QED) is 0.425.